The van der Waals surface area contributed by atoms with Crippen LogP contribution in [0.3, 0.4) is 0 Å². The molecule has 1 N–H and O–H groups in total. The van der Waals surface area contributed by atoms with E-state index in [0.717, 1.165) is 19.3 Å². The summed E-state index contributed by atoms with van der Waals surface area (Å²) in [6.07, 6.45) is 2.47. The minimum absolute atomic E-state index is 0.114. The molecule has 0 radical (unpaired) electrons. The van der Waals surface area contributed by atoms with Gasteiger partial charge in [-0.05, 0) is 33.6 Å². The molecule has 17 heavy (non-hydrogen) atoms. The molecule has 0 heterocycles. The first-order valence-corrected chi connectivity index (χ1v) is 5.83. The first kappa shape index (κ1) is 15.7. The Morgan fingerprint density at radius 1 is 1.29 bits per heavy atom. The second-order valence-electron chi connectivity index (χ2n) is 4.87. The van der Waals surface area contributed by atoms with Gasteiger partial charge in [-0.2, -0.15) is 0 Å². The molecule has 0 atom stereocenters. The third-order valence-corrected chi connectivity index (χ3v) is 2.64. The number of hydrogen-bond acceptors (Lipinski definition) is 3. The van der Waals surface area contributed by atoms with Gasteiger partial charge in [0.2, 0.25) is 5.91 Å². The second kappa shape index (κ2) is 7.09. The average Bonchev–Trinajstić information content (AvgIpc) is 2.26. The maximum absolute atomic E-state index is 11.4. The number of hydrogen-bond donors (Lipinski definition) is 1. The number of nitrogens with one attached hydrogen (secondary N) is 1. The van der Waals surface area contributed by atoms with Gasteiger partial charge in [0.1, 0.15) is 0 Å². The molecule has 98 valence electrons. The third-order valence-electron chi connectivity index (χ3n) is 2.64. The van der Waals surface area contributed by atoms with E-state index in [9.17, 15) is 9.59 Å². The number of rotatable bonds is 7. The molecule has 0 unspecified atom stereocenters. The Morgan fingerprint density at radius 2 is 1.88 bits per heavy atom. The molecule has 0 fully saturated rings. The number of unbranched alkanes of at least 4 members (excludes halogenated alkanes) is 1. The molecule has 0 aliphatic heterocycles. The minimum atomic E-state index is -0.451. The quantitative estimate of drug-likeness (QED) is 0.421. The molecule has 0 bridgehead atoms. The van der Waals surface area contributed by atoms with Crippen LogP contribution < -0.4 is 5.32 Å². The van der Waals surface area contributed by atoms with Crippen molar-refractivity contribution in [1.82, 2.24) is 5.32 Å². The number of esters is 1. The highest BCUT2D eigenvalue weighted by Crippen LogP contribution is 2.24. The van der Waals surface area contributed by atoms with Gasteiger partial charge < -0.3 is 10.1 Å². The van der Waals surface area contributed by atoms with Crippen molar-refractivity contribution in [2.24, 2.45) is 5.41 Å². The van der Waals surface area contributed by atoms with E-state index in [0.29, 0.717) is 12.1 Å². The van der Waals surface area contributed by atoms with E-state index in [1.165, 1.54) is 7.11 Å². The Balaban J connectivity index is 3.75. The lowest BCUT2D eigenvalue weighted by atomic mass is 9.87. The maximum atomic E-state index is 11.4. The number of amides is 1. The zero-order valence-corrected chi connectivity index (χ0v) is 11.3. The van der Waals surface area contributed by atoms with Crippen LogP contribution in [-0.4, -0.2) is 25.5 Å². The standard InChI is InChI=1S/C13H23NO3/c1-10(2)11(15)14-9-7-6-8-13(3,4)12(16)17-5/h1,6-9H2,2-5H3,(H,14,15). The van der Waals surface area contributed by atoms with Crippen LogP contribution in [-0.2, 0) is 14.3 Å². The fourth-order valence-corrected chi connectivity index (χ4v) is 1.42. The summed E-state index contributed by atoms with van der Waals surface area (Å²) in [6, 6.07) is 0. The summed E-state index contributed by atoms with van der Waals surface area (Å²) >= 11 is 0. The summed E-state index contributed by atoms with van der Waals surface area (Å²) in [6.45, 7) is 9.58. The van der Waals surface area contributed by atoms with Crippen molar-refractivity contribution in [3.63, 3.8) is 0 Å². The summed E-state index contributed by atoms with van der Waals surface area (Å²) in [5.74, 6) is -0.305. The fraction of sp³-hybridized carbons (Fsp3) is 0.692. The average molecular weight is 241 g/mol. The van der Waals surface area contributed by atoms with Crippen LogP contribution in [0, 0.1) is 5.41 Å². The molecular weight excluding hydrogens is 218 g/mol. The zero-order chi connectivity index (χ0) is 13.5. The monoisotopic (exact) mass is 241 g/mol. The first-order chi connectivity index (χ1) is 7.81. The summed E-state index contributed by atoms with van der Waals surface area (Å²) < 4.78 is 4.72. The highest BCUT2D eigenvalue weighted by molar-refractivity contribution is 5.91. The van der Waals surface area contributed by atoms with Gasteiger partial charge in [-0.3, -0.25) is 9.59 Å². The van der Waals surface area contributed by atoms with Gasteiger partial charge in [0, 0.05) is 12.1 Å². The predicted octanol–water partition coefficient (Wildman–Crippen LogP) is 2.05. The normalized spacial score (nSPS) is 10.8. The van der Waals surface area contributed by atoms with Crippen LogP contribution in [0.25, 0.3) is 0 Å². The lowest BCUT2D eigenvalue weighted by Crippen LogP contribution is -2.27. The van der Waals surface area contributed by atoms with Crippen LogP contribution in [0.2, 0.25) is 0 Å². The van der Waals surface area contributed by atoms with E-state index in [1.807, 2.05) is 13.8 Å². The lowest BCUT2D eigenvalue weighted by molar-refractivity contribution is -0.151. The van der Waals surface area contributed by atoms with Crippen molar-refractivity contribution in [2.75, 3.05) is 13.7 Å². The number of ether oxygens (including phenoxy) is 1. The van der Waals surface area contributed by atoms with Crippen LogP contribution in [0.4, 0.5) is 0 Å². The molecule has 0 rings (SSSR count). The Morgan fingerprint density at radius 3 is 2.35 bits per heavy atom. The summed E-state index contributed by atoms with van der Waals surface area (Å²) in [5, 5.41) is 2.76. The second-order valence-corrected chi connectivity index (χ2v) is 4.87. The summed E-state index contributed by atoms with van der Waals surface area (Å²) in [4.78, 5) is 22.6. The van der Waals surface area contributed by atoms with Gasteiger partial charge in [0.15, 0.2) is 0 Å². The van der Waals surface area contributed by atoms with Crippen molar-refractivity contribution in [2.45, 2.75) is 40.0 Å². The van der Waals surface area contributed by atoms with E-state index in [-0.39, 0.29) is 11.9 Å². The smallest absolute Gasteiger partial charge is 0.311 e. The first-order valence-electron chi connectivity index (χ1n) is 5.83. The maximum Gasteiger partial charge on any atom is 0.311 e. The van der Waals surface area contributed by atoms with Crippen LogP contribution in [0.15, 0.2) is 12.2 Å². The van der Waals surface area contributed by atoms with Crippen molar-refractivity contribution in [3.8, 4) is 0 Å². The van der Waals surface area contributed by atoms with Crippen molar-refractivity contribution in [3.05, 3.63) is 12.2 Å². The Hall–Kier alpha value is -1.32. The molecule has 4 heteroatoms. The molecular formula is C13H23NO3. The lowest BCUT2D eigenvalue weighted by Gasteiger charge is -2.21. The van der Waals surface area contributed by atoms with Gasteiger partial charge in [0.25, 0.3) is 0 Å². The molecule has 0 saturated carbocycles. The van der Waals surface area contributed by atoms with Crippen LogP contribution >= 0.6 is 0 Å². The highest BCUT2D eigenvalue weighted by Gasteiger charge is 2.27. The van der Waals surface area contributed by atoms with Gasteiger partial charge in [-0.1, -0.05) is 13.0 Å². The van der Waals surface area contributed by atoms with Gasteiger partial charge in [0.05, 0.1) is 12.5 Å². The topological polar surface area (TPSA) is 55.4 Å². The van der Waals surface area contributed by atoms with Gasteiger partial charge in [-0.25, -0.2) is 0 Å². The van der Waals surface area contributed by atoms with E-state index >= 15 is 0 Å². The molecule has 4 nitrogen and oxygen atoms in total. The SMILES string of the molecule is C=C(C)C(=O)NCCCCC(C)(C)C(=O)OC. The van der Waals surface area contributed by atoms with E-state index in [2.05, 4.69) is 11.9 Å². The van der Waals surface area contributed by atoms with Crippen LogP contribution in [0.1, 0.15) is 40.0 Å². The number of carbonyl (C=O) groups excluding carboxylic acids is 2. The van der Waals surface area contributed by atoms with E-state index < -0.39 is 5.41 Å². The van der Waals surface area contributed by atoms with Crippen LogP contribution in [0.5, 0.6) is 0 Å². The molecule has 0 saturated heterocycles. The van der Waals surface area contributed by atoms with E-state index in [1.54, 1.807) is 6.92 Å². The molecule has 0 aliphatic carbocycles. The van der Waals surface area contributed by atoms with Crippen molar-refractivity contribution >= 4 is 11.9 Å². The van der Waals surface area contributed by atoms with E-state index in [4.69, 9.17) is 4.74 Å². The Kier molecular flexibility index (Phi) is 6.54. The largest absolute Gasteiger partial charge is 0.469 e. The molecule has 1 amide bonds. The fourth-order valence-electron chi connectivity index (χ4n) is 1.42. The Labute approximate surface area is 103 Å². The Bertz CT molecular complexity index is 295. The van der Waals surface area contributed by atoms with Gasteiger partial charge in [-0.15, -0.1) is 0 Å². The number of carbonyl (C=O) groups is 2. The van der Waals surface area contributed by atoms with Gasteiger partial charge >= 0.3 is 5.97 Å². The molecule has 0 aliphatic rings. The molecule has 0 aromatic heterocycles. The zero-order valence-electron chi connectivity index (χ0n) is 11.3. The third kappa shape index (κ3) is 6.09. The summed E-state index contributed by atoms with van der Waals surface area (Å²) in [7, 11) is 1.40. The molecule has 0 spiro atoms. The molecule has 0 aromatic carbocycles. The van der Waals surface area contributed by atoms with Crippen molar-refractivity contribution < 1.29 is 14.3 Å². The number of methoxy groups -OCH3 is 1. The minimum Gasteiger partial charge on any atom is -0.469 e. The highest BCUT2D eigenvalue weighted by atomic mass is 16.5. The molecule has 0 aromatic rings. The predicted molar refractivity (Wildman–Crippen MR) is 67.5 cm³/mol. The van der Waals surface area contributed by atoms with Crippen molar-refractivity contribution in [1.29, 1.82) is 0 Å². The summed E-state index contributed by atoms with van der Waals surface area (Å²) in [5.41, 5.74) is 0.0625.